The number of carbonyl (C=O) groups excluding carboxylic acids is 2. The molecule has 2 N–H and O–H groups in total. The number of rotatable bonds is 10. The molecule has 0 fully saturated rings. The van der Waals surface area contributed by atoms with Gasteiger partial charge in [-0.05, 0) is 56.5 Å². The van der Waals surface area contributed by atoms with E-state index in [1.165, 1.54) is 22.9 Å². The average molecular weight is 517 g/mol. The molecule has 3 aromatic rings. The number of amides is 3. The molecular formula is C30H36N4O2S. The summed E-state index contributed by atoms with van der Waals surface area (Å²) in [6.07, 6.45) is 0.859. The van der Waals surface area contributed by atoms with Crippen molar-refractivity contribution >= 4 is 35.1 Å². The molecule has 0 atom stereocenters. The minimum atomic E-state index is -0.237. The predicted octanol–water partition coefficient (Wildman–Crippen LogP) is 6.06. The number of fused-ring (bicyclic) bond motifs is 1. The van der Waals surface area contributed by atoms with Crippen LogP contribution in [-0.4, -0.2) is 41.7 Å². The van der Waals surface area contributed by atoms with Crippen LogP contribution in [0.2, 0.25) is 0 Å². The summed E-state index contributed by atoms with van der Waals surface area (Å²) in [6.45, 7) is 9.35. The van der Waals surface area contributed by atoms with E-state index in [9.17, 15) is 9.59 Å². The van der Waals surface area contributed by atoms with Gasteiger partial charge in [-0.25, -0.2) is 4.79 Å². The van der Waals surface area contributed by atoms with Crippen LogP contribution < -0.4 is 15.5 Å². The van der Waals surface area contributed by atoms with Crippen LogP contribution >= 0.6 is 11.8 Å². The molecule has 4 rings (SSSR count). The normalized spacial score (nSPS) is 13.1. The third kappa shape index (κ3) is 7.60. The number of benzene rings is 3. The Morgan fingerprint density at radius 2 is 1.78 bits per heavy atom. The fraction of sp³-hybridized carbons (Fsp3) is 0.333. The number of nitrogens with one attached hydrogen (secondary N) is 2. The maximum atomic E-state index is 12.8. The summed E-state index contributed by atoms with van der Waals surface area (Å²) in [5.74, 6) is 0.494. The first-order valence-electron chi connectivity index (χ1n) is 12.8. The Morgan fingerprint density at radius 1 is 1.03 bits per heavy atom. The van der Waals surface area contributed by atoms with Crippen molar-refractivity contribution in [2.45, 2.75) is 51.2 Å². The Morgan fingerprint density at radius 3 is 2.51 bits per heavy atom. The smallest absolute Gasteiger partial charge is 0.319 e. The van der Waals surface area contributed by atoms with E-state index in [0.29, 0.717) is 30.6 Å². The zero-order valence-corrected chi connectivity index (χ0v) is 22.7. The lowest BCUT2D eigenvalue weighted by Crippen LogP contribution is -2.36. The second kappa shape index (κ2) is 12.8. The van der Waals surface area contributed by atoms with Crippen molar-refractivity contribution in [3.63, 3.8) is 0 Å². The Balaban J connectivity index is 1.31. The highest BCUT2D eigenvalue weighted by atomic mass is 32.2. The first kappa shape index (κ1) is 26.8. The van der Waals surface area contributed by atoms with E-state index >= 15 is 0 Å². The summed E-state index contributed by atoms with van der Waals surface area (Å²) >= 11 is 1.54. The lowest BCUT2D eigenvalue weighted by molar-refractivity contribution is -0.116. The SMILES string of the molecule is Cc1ccc(CN2C(=O)CSc3ccc(NC(=O)NCCCN(Cc4ccccc4)C(C)C)cc32)cc1. The summed E-state index contributed by atoms with van der Waals surface area (Å²) in [5.41, 5.74) is 5.08. The van der Waals surface area contributed by atoms with Crippen molar-refractivity contribution in [3.8, 4) is 0 Å². The summed E-state index contributed by atoms with van der Waals surface area (Å²) in [6, 6.07) is 24.6. The van der Waals surface area contributed by atoms with E-state index in [-0.39, 0.29) is 11.9 Å². The van der Waals surface area contributed by atoms with Gasteiger partial charge in [0.15, 0.2) is 0 Å². The largest absolute Gasteiger partial charge is 0.338 e. The molecule has 0 radical (unpaired) electrons. The number of nitrogens with zero attached hydrogens (tertiary/aromatic N) is 2. The van der Waals surface area contributed by atoms with Crippen molar-refractivity contribution in [3.05, 3.63) is 89.5 Å². The van der Waals surface area contributed by atoms with Gasteiger partial charge in [0.05, 0.1) is 18.0 Å². The number of hydrogen-bond acceptors (Lipinski definition) is 4. The van der Waals surface area contributed by atoms with E-state index in [1.54, 1.807) is 0 Å². The van der Waals surface area contributed by atoms with E-state index in [4.69, 9.17) is 0 Å². The lowest BCUT2D eigenvalue weighted by atomic mass is 10.1. The van der Waals surface area contributed by atoms with Crippen molar-refractivity contribution in [1.29, 1.82) is 0 Å². The minimum absolute atomic E-state index is 0.0740. The molecule has 3 aromatic carbocycles. The second-order valence-corrected chi connectivity index (χ2v) is 10.7. The van der Waals surface area contributed by atoms with Gasteiger partial charge in [-0.2, -0.15) is 0 Å². The van der Waals surface area contributed by atoms with Crippen LogP contribution in [0.1, 0.15) is 37.0 Å². The summed E-state index contributed by atoms with van der Waals surface area (Å²) in [7, 11) is 0. The number of carbonyl (C=O) groups is 2. The number of urea groups is 1. The quantitative estimate of drug-likeness (QED) is 0.322. The monoisotopic (exact) mass is 516 g/mol. The minimum Gasteiger partial charge on any atom is -0.338 e. The maximum absolute atomic E-state index is 12.8. The summed E-state index contributed by atoms with van der Waals surface area (Å²) < 4.78 is 0. The van der Waals surface area contributed by atoms with Crippen molar-refractivity contribution in [2.24, 2.45) is 0 Å². The fourth-order valence-electron chi connectivity index (χ4n) is 4.33. The number of hydrogen-bond donors (Lipinski definition) is 2. The third-order valence-electron chi connectivity index (χ3n) is 6.49. The zero-order chi connectivity index (χ0) is 26.2. The molecule has 0 unspecified atom stereocenters. The molecule has 0 spiro atoms. The third-order valence-corrected chi connectivity index (χ3v) is 7.54. The number of thioether (sulfide) groups is 1. The lowest BCUT2D eigenvalue weighted by Gasteiger charge is -2.29. The van der Waals surface area contributed by atoms with Crippen LogP contribution in [0, 0.1) is 6.92 Å². The molecule has 1 aliphatic rings. The molecule has 194 valence electrons. The second-order valence-electron chi connectivity index (χ2n) is 9.72. The van der Waals surface area contributed by atoms with Crippen LogP contribution in [-0.2, 0) is 17.9 Å². The van der Waals surface area contributed by atoms with Gasteiger partial charge < -0.3 is 15.5 Å². The molecule has 3 amide bonds. The highest BCUT2D eigenvalue weighted by Gasteiger charge is 2.25. The van der Waals surface area contributed by atoms with E-state index in [2.05, 4.69) is 84.8 Å². The van der Waals surface area contributed by atoms with Gasteiger partial charge in [0.25, 0.3) is 0 Å². The maximum Gasteiger partial charge on any atom is 0.319 e. The van der Waals surface area contributed by atoms with Crippen molar-refractivity contribution in [2.75, 3.05) is 29.1 Å². The Kier molecular flexibility index (Phi) is 9.25. The van der Waals surface area contributed by atoms with Gasteiger partial charge in [-0.15, -0.1) is 11.8 Å². The van der Waals surface area contributed by atoms with Gasteiger partial charge in [0.1, 0.15) is 0 Å². The van der Waals surface area contributed by atoms with Gasteiger partial charge >= 0.3 is 6.03 Å². The van der Waals surface area contributed by atoms with Gasteiger partial charge in [0, 0.05) is 36.3 Å². The van der Waals surface area contributed by atoms with Crippen LogP contribution in [0.15, 0.2) is 77.7 Å². The molecule has 37 heavy (non-hydrogen) atoms. The van der Waals surface area contributed by atoms with Crippen molar-refractivity contribution < 1.29 is 9.59 Å². The standard InChI is InChI=1S/C30H36N4O2S/c1-22(2)33(19-24-8-5-4-6-9-24)17-7-16-31-30(36)32-26-14-15-28-27(18-26)34(29(35)21-37-28)20-25-12-10-23(3)11-13-25/h4-6,8-15,18,22H,7,16-17,19-21H2,1-3H3,(H2,31,32,36). The van der Waals surface area contributed by atoms with Crippen LogP contribution in [0.3, 0.4) is 0 Å². The number of aryl methyl sites for hydroxylation is 1. The highest BCUT2D eigenvalue weighted by molar-refractivity contribution is 8.00. The van der Waals surface area contributed by atoms with Crippen LogP contribution in [0.25, 0.3) is 0 Å². The predicted molar refractivity (Wildman–Crippen MR) is 153 cm³/mol. The molecule has 0 aromatic heterocycles. The Bertz CT molecular complexity index is 1200. The Hall–Kier alpha value is -3.29. The molecule has 7 heteroatoms. The molecule has 0 bridgehead atoms. The van der Waals surface area contributed by atoms with E-state index < -0.39 is 0 Å². The summed E-state index contributed by atoms with van der Waals surface area (Å²) in [5, 5.41) is 5.91. The van der Waals surface area contributed by atoms with Gasteiger partial charge in [-0.1, -0.05) is 60.2 Å². The molecule has 0 aliphatic carbocycles. The molecule has 0 saturated heterocycles. The molecule has 0 saturated carbocycles. The molecule has 1 aliphatic heterocycles. The number of anilines is 2. The Labute approximate surface area is 224 Å². The molecule has 1 heterocycles. The van der Waals surface area contributed by atoms with E-state index in [1.807, 2.05) is 29.2 Å². The summed E-state index contributed by atoms with van der Waals surface area (Å²) in [4.78, 5) is 30.6. The van der Waals surface area contributed by atoms with E-state index in [0.717, 1.165) is 35.7 Å². The fourth-order valence-corrected chi connectivity index (χ4v) is 5.24. The van der Waals surface area contributed by atoms with Gasteiger partial charge in [0.2, 0.25) is 5.91 Å². The average Bonchev–Trinajstić information content (AvgIpc) is 2.89. The first-order chi connectivity index (χ1) is 17.9. The van der Waals surface area contributed by atoms with Crippen molar-refractivity contribution in [1.82, 2.24) is 10.2 Å². The first-order valence-corrected chi connectivity index (χ1v) is 13.8. The van der Waals surface area contributed by atoms with Crippen LogP contribution in [0.4, 0.5) is 16.2 Å². The zero-order valence-electron chi connectivity index (χ0n) is 21.9. The van der Waals surface area contributed by atoms with Crippen LogP contribution in [0.5, 0.6) is 0 Å². The topological polar surface area (TPSA) is 64.7 Å². The van der Waals surface area contributed by atoms with Gasteiger partial charge in [-0.3, -0.25) is 9.69 Å². The molecular weight excluding hydrogens is 480 g/mol. The molecule has 6 nitrogen and oxygen atoms in total. The highest BCUT2D eigenvalue weighted by Crippen LogP contribution is 2.38.